The molecule has 1 aromatic rings. The van der Waals surface area contributed by atoms with Crippen LogP contribution in [-0.4, -0.2) is 21.8 Å². The van der Waals surface area contributed by atoms with Crippen LogP contribution in [0.1, 0.15) is 1.43 Å². The summed E-state index contributed by atoms with van der Waals surface area (Å²) in [5.41, 5.74) is 0. The number of aromatic nitrogens is 3. The minimum Gasteiger partial charge on any atom is -0.312 e. The van der Waals surface area contributed by atoms with Gasteiger partial charge < -0.3 is 5.32 Å². The van der Waals surface area contributed by atoms with Crippen LogP contribution in [0.4, 0.5) is 5.82 Å². The normalized spacial score (nSPS) is 8.50. The highest BCUT2D eigenvalue weighted by Gasteiger charge is 1.85. The summed E-state index contributed by atoms with van der Waals surface area (Å²) in [6.45, 7) is 0. The third kappa shape index (κ3) is 0.810. The molecule has 0 atom stereocenters. The van der Waals surface area contributed by atoms with E-state index in [1.807, 2.05) is 0 Å². The van der Waals surface area contributed by atoms with Crippen molar-refractivity contribution >= 4 is 12.2 Å². The van der Waals surface area contributed by atoms with Crippen molar-refractivity contribution in [3.8, 4) is 0 Å². The molecule has 0 aromatic carbocycles. The van der Waals surface area contributed by atoms with Gasteiger partial charge in [-0.3, -0.25) is 4.79 Å². The maximum absolute atomic E-state index is 9.69. The molecular formula is C3H5N4O+. The maximum Gasteiger partial charge on any atom is 1.00 e. The van der Waals surface area contributed by atoms with E-state index in [-0.39, 0.29) is 1.43 Å². The Morgan fingerprint density at radius 3 is 3.38 bits per heavy atom. The van der Waals surface area contributed by atoms with Gasteiger partial charge in [0.2, 0.25) is 6.41 Å². The van der Waals surface area contributed by atoms with Crippen LogP contribution in [0, 0.1) is 0 Å². The molecule has 0 aliphatic heterocycles. The lowest BCUT2D eigenvalue weighted by atomic mass is 10.8. The van der Waals surface area contributed by atoms with Crippen molar-refractivity contribution in [2.45, 2.75) is 0 Å². The van der Waals surface area contributed by atoms with Crippen LogP contribution in [0.3, 0.4) is 0 Å². The summed E-state index contributed by atoms with van der Waals surface area (Å²) >= 11 is 0. The second kappa shape index (κ2) is 2.06. The Labute approximate surface area is 46.6 Å². The molecule has 2 N–H and O–H groups in total. The lowest BCUT2D eigenvalue weighted by molar-refractivity contribution is -0.105. The molecule has 0 bridgehead atoms. The predicted octanol–water partition coefficient (Wildman–Crippen LogP) is -0.515. The summed E-state index contributed by atoms with van der Waals surface area (Å²) in [5, 5.41) is 11.5. The van der Waals surface area contributed by atoms with Gasteiger partial charge in [0.25, 0.3) is 0 Å². The second-order valence-electron chi connectivity index (χ2n) is 1.13. The van der Waals surface area contributed by atoms with Crippen LogP contribution in [-0.2, 0) is 4.79 Å². The molecule has 42 valence electrons. The van der Waals surface area contributed by atoms with E-state index in [0.29, 0.717) is 12.2 Å². The van der Waals surface area contributed by atoms with E-state index >= 15 is 0 Å². The number of H-pyrrole nitrogens is 1. The number of amides is 1. The molecule has 0 aliphatic rings. The monoisotopic (exact) mass is 113 g/mol. The number of carbonyl (C=O) groups is 1. The number of hydrogen-bond acceptors (Lipinski definition) is 3. The predicted molar refractivity (Wildman–Crippen MR) is 27.2 cm³/mol. The highest BCUT2D eigenvalue weighted by Crippen LogP contribution is 1.90. The van der Waals surface area contributed by atoms with Crippen molar-refractivity contribution in [3.63, 3.8) is 0 Å². The largest absolute Gasteiger partial charge is 1.00 e. The van der Waals surface area contributed by atoms with Crippen LogP contribution >= 0.6 is 0 Å². The van der Waals surface area contributed by atoms with Gasteiger partial charge in [0.1, 0.15) is 5.82 Å². The standard InChI is InChI=1S/C3H4N4O/c8-2-4-3-1-5-7-6-3/h1-2H,(H2,4,5,6,7,8)/p+1. The van der Waals surface area contributed by atoms with Crippen molar-refractivity contribution in [2.75, 3.05) is 5.32 Å². The fourth-order valence-electron chi connectivity index (χ4n) is 0.331. The first-order chi connectivity index (χ1) is 3.93. The van der Waals surface area contributed by atoms with Crippen molar-refractivity contribution in [3.05, 3.63) is 6.20 Å². The fourth-order valence-corrected chi connectivity index (χ4v) is 0.331. The molecule has 0 fully saturated rings. The molecule has 0 unspecified atom stereocenters. The van der Waals surface area contributed by atoms with E-state index in [4.69, 9.17) is 0 Å². The highest BCUT2D eigenvalue weighted by molar-refractivity contribution is 5.67. The summed E-state index contributed by atoms with van der Waals surface area (Å²) in [7, 11) is 0. The zero-order valence-corrected chi connectivity index (χ0v) is 3.96. The second-order valence-corrected chi connectivity index (χ2v) is 1.13. The Kier molecular flexibility index (Phi) is 1.23. The first-order valence-corrected chi connectivity index (χ1v) is 1.99. The van der Waals surface area contributed by atoms with Crippen molar-refractivity contribution in [2.24, 2.45) is 0 Å². The molecular weight excluding hydrogens is 108 g/mol. The average Bonchev–Trinajstić information content (AvgIpc) is 2.19. The Bertz CT molecular complexity index is 162. The minimum atomic E-state index is 0. The molecule has 0 saturated carbocycles. The lowest BCUT2D eigenvalue weighted by Gasteiger charge is -1.83. The quantitative estimate of drug-likeness (QED) is 0.507. The van der Waals surface area contributed by atoms with E-state index < -0.39 is 0 Å². The number of nitrogens with one attached hydrogen (secondary N) is 2. The molecule has 0 spiro atoms. The van der Waals surface area contributed by atoms with Crippen LogP contribution < -0.4 is 5.32 Å². The SMILES string of the molecule is O=CNc1cnn[nH]1.[H+]. The zero-order valence-electron chi connectivity index (χ0n) is 4.96. The molecule has 5 heteroatoms. The van der Waals surface area contributed by atoms with Crippen LogP contribution in [0.2, 0.25) is 0 Å². The summed E-state index contributed by atoms with van der Waals surface area (Å²) in [6, 6.07) is 0. The third-order valence-electron chi connectivity index (χ3n) is 0.629. The van der Waals surface area contributed by atoms with Gasteiger partial charge in [0, 0.05) is 0 Å². The summed E-state index contributed by atoms with van der Waals surface area (Å²) in [4.78, 5) is 9.69. The topological polar surface area (TPSA) is 70.7 Å². The first-order valence-electron chi connectivity index (χ1n) is 1.99. The molecule has 1 aromatic heterocycles. The van der Waals surface area contributed by atoms with Gasteiger partial charge in [-0.1, -0.05) is 5.21 Å². The number of aromatic amines is 1. The van der Waals surface area contributed by atoms with Crippen molar-refractivity contribution in [1.82, 2.24) is 15.4 Å². The Balaban J connectivity index is 0.000000640. The van der Waals surface area contributed by atoms with Crippen molar-refractivity contribution in [1.29, 1.82) is 0 Å². The highest BCUT2D eigenvalue weighted by atomic mass is 16.1. The number of rotatable bonds is 2. The minimum absolute atomic E-state index is 0. The van der Waals surface area contributed by atoms with E-state index in [2.05, 4.69) is 20.7 Å². The maximum atomic E-state index is 9.69. The van der Waals surface area contributed by atoms with Gasteiger partial charge >= 0.3 is 1.43 Å². The number of hydrogen-bond donors (Lipinski definition) is 2. The first kappa shape index (κ1) is 4.76. The molecule has 0 saturated heterocycles. The molecule has 0 radical (unpaired) electrons. The smallest absolute Gasteiger partial charge is 0.312 e. The molecule has 1 rings (SSSR count). The van der Waals surface area contributed by atoms with Gasteiger partial charge in [0.05, 0.1) is 6.20 Å². The molecule has 5 nitrogen and oxygen atoms in total. The Hall–Kier alpha value is -1.39. The van der Waals surface area contributed by atoms with E-state index in [9.17, 15) is 4.79 Å². The average molecular weight is 113 g/mol. The van der Waals surface area contributed by atoms with Crippen LogP contribution in [0.25, 0.3) is 0 Å². The Morgan fingerprint density at radius 1 is 2.00 bits per heavy atom. The number of anilines is 1. The van der Waals surface area contributed by atoms with E-state index in [1.54, 1.807) is 0 Å². The van der Waals surface area contributed by atoms with Gasteiger partial charge in [-0.25, -0.2) is 5.10 Å². The fraction of sp³-hybridized carbons (Fsp3) is 0. The Morgan fingerprint density at radius 2 is 2.88 bits per heavy atom. The van der Waals surface area contributed by atoms with Crippen LogP contribution in [0.5, 0.6) is 0 Å². The van der Waals surface area contributed by atoms with Gasteiger partial charge in [-0.15, -0.1) is 5.10 Å². The zero-order chi connectivity index (χ0) is 5.82. The van der Waals surface area contributed by atoms with Crippen LogP contribution in [0.15, 0.2) is 6.20 Å². The van der Waals surface area contributed by atoms with Crippen molar-refractivity contribution < 1.29 is 6.22 Å². The third-order valence-corrected chi connectivity index (χ3v) is 0.629. The summed E-state index contributed by atoms with van der Waals surface area (Å²) in [5.74, 6) is 0.500. The van der Waals surface area contributed by atoms with Gasteiger partial charge in [-0.05, 0) is 0 Å². The van der Waals surface area contributed by atoms with Gasteiger partial charge in [-0.2, -0.15) is 0 Å². The molecule has 1 amide bonds. The summed E-state index contributed by atoms with van der Waals surface area (Å²) < 4.78 is 0. The van der Waals surface area contributed by atoms with Gasteiger partial charge in [0.15, 0.2) is 0 Å². The molecule has 8 heavy (non-hydrogen) atoms. The summed E-state index contributed by atoms with van der Waals surface area (Å²) in [6.07, 6.45) is 1.96. The lowest BCUT2D eigenvalue weighted by Crippen LogP contribution is -1.92. The molecule has 1 heterocycles. The van der Waals surface area contributed by atoms with E-state index in [0.717, 1.165) is 0 Å². The van der Waals surface area contributed by atoms with E-state index in [1.165, 1.54) is 6.20 Å². The number of nitrogens with zero attached hydrogens (tertiary/aromatic N) is 2. The molecule has 0 aliphatic carbocycles. The number of carbonyl (C=O) groups excluding carboxylic acids is 1.